The van der Waals surface area contributed by atoms with Crippen molar-refractivity contribution in [1.29, 1.82) is 0 Å². The molecule has 5 nitrogen and oxygen atoms in total. The van der Waals surface area contributed by atoms with Crippen molar-refractivity contribution in [3.8, 4) is 0 Å². The van der Waals surface area contributed by atoms with Gasteiger partial charge in [0.25, 0.3) is 5.91 Å². The molecule has 0 spiro atoms. The van der Waals surface area contributed by atoms with E-state index in [0.29, 0.717) is 24.0 Å². The van der Waals surface area contributed by atoms with Crippen LogP contribution >= 0.6 is 0 Å². The molecule has 110 valence electrons. The van der Waals surface area contributed by atoms with Gasteiger partial charge >= 0.3 is 0 Å². The van der Waals surface area contributed by atoms with E-state index in [1.165, 1.54) is 0 Å². The molecule has 1 aromatic rings. The van der Waals surface area contributed by atoms with Gasteiger partial charge in [0.1, 0.15) is 5.69 Å². The molecule has 0 atom stereocenters. The summed E-state index contributed by atoms with van der Waals surface area (Å²) in [7, 11) is 1.76. The van der Waals surface area contributed by atoms with Crippen LogP contribution in [0, 0.1) is 0 Å². The molecule has 1 aromatic heterocycles. The Hall–Kier alpha value is -1.49. The Kier molecular flexibility index (Phi) is 3.24. The third-order valence-electron chi connectivity index (χ3n) is 4.44. The molecule has 3 N–H and O–H groups in total. The second kappa shape index (κ2) is 4.81. The summed E-state index contributed by atoms with van der Waals surface area (Å²) in [5.41, 5.74) is 6.41. The lowest BCUT2D eigenvalue weighted by molar-refractivity contribution is 0.0153. The molecule has 0 unspecified atom stereocenters. The van der Waals surface area contributed by atoms with Gasteiger partial charge in [0, 0.05) is 25.8 Å². The lowest BCUT2D eigenvalue weighted by atomic mass is 10.0. The van der Waals surface area contributed by atoms with Crippen LogP contribution in [0.4, 0.5) is 5.69 Å². The highest BCUT2D eigenvalue weighted by atomic mass is 16.3. The first-order valence-electron chi connectivity index (χ1n) is 7.44. The number of nitrogens with zero attached hydrogens (tertiary/aromatic N) is 2. The van der Waals surface area contributed by atoms with E-state index in [0.717, 1.165) is 38.5 Å². The number of aliphatic hydroxyl groups is 1. The smallest absolute Gasteiger partial charge is 0.270 e. The molecule has 3 rings (SSSR count). The Bertz CT molecular complexity index is 513. The molecule has 0 radical (unpaired) electrons. The van der Waals surface area contributed by atoms with Crippen LogP contribution in [0.25, 0.3) is 0 Å². The molecule has 20 heavy (non-hydrogen) atoms. The average Bonchev–Trinajstić information content (AvgIpc) is 3.05. The summed E-state index contributed by atoms with van der Waals surface area (Å²) in [4.78, 5) is 14.2. The van der Waals surface area contributed by atoms with Crippen LogP contribution in [0.1, 0.15) is 55.1 Å². The van der Waals surface area contributed by atoms with Crippen molar-refractivity contribution in [2.24, 2.45) is 0 Å². The predicted octanol–water partition coefficient (Wildman–Crippen LogP) is 1.78. The lowest BCUT2D eigenvalue weighted by Gasteiger charge is -2.28. The van der Waals surface area contributed by atoms with Crippen molar-refractivity contribution >= 4 is 11.6 Å². The van der Waals surface area contributed by atoms with Gasteiger partial charge in [-0.05, 0) is 31.7 Å². The highest BCUT2D eigenvalue weighted by Gasteiger charge is 2.35. The minimum absolute atomic E-state index is 0.0473. The normalized spacial score (nSPS) is 21.1. The first kappa shape index (κ1) is 13.5. The summed E-state index contributed by atoms with van der Waals surface area (Å²) in [6.07, 6.45) is 7.74. The number of carbonyl (C=O) groups is 1. The van der Waals surface area contributed by atoms with E-state index < -0.39 is 5.60 Å². The number of hydrogen-bond donors (Lipinski definition) is 2. The Morgan fingerprint density at radius 2 is 2.15 bits per heavy atom. The molecule has 2 fully saturated rings. The Labute approximate surface area is 119 Å². The number of likely N-dealkylation sites (N-methyl/N-ethyl adjacent to an activating group) is 1. The van der Waals surface area contributed by atoms with Crippen LogP contribution < -0.4 is 5.73 Å². The molecule has 0 bridgehead atoms. The van der Waals surface area contributed by atoms with Gasteiger partial charge in [-0.1, -0.05) is 12.8 Å². The number of carbonyl (C=O) groups excluding carboxylic acids is 1. The third kappa shape index (κ3) is 2.54. The van der Waals surface area contributed by atoms with Gasteiger partial charge in [-0.25, -0.2) is 0 Å². The number of nitrogens with two attached hydrogens (primary N) is 1. The predicted molar refractivity (Wildman–Crippen MR) is 77.5 cm³/mol. The first-order chi connectivity index (χ1) is 9.48. The van der Waals surface area contributed by atoms with E-state index in [9.17, 15) is 9.90 Å². The number of rotatable bonds is 4. The minimum atomic E-state index is -0.701. The third-order valence-corrected chi connectivity index (χ3v) is 4.44. The SMILES string of the molecule is CN(CC1(O)CCCC1)C(=O)c1cc(N)cn1C1CC1. The second-order valence-corrected chi connectivity index (χ2v) is 6.39. The maximum atomic E-state index is 12.6. The van der Waals surface area contributed by atoms with Crippen LogP contribution in [0.3, 0.4) is 0 Å². The average molecular weight is 277 g/mol. The fourth-order valence-electron chi connectivity index (χ4n) is 3.23. The Morgan fingerprint density at radius 3 is 2.75 bits per heavy atom. The fraction of sp³-hybridized carbons (Fsp3) is 0.667. The zero-order chi connectivity index (χ0) is 14.3. The number of aromatic nitrogens is 1. The van der Waals surface area contributed by atoms with Crippen molar-refractivity contribution in [3.63, 3.8) is 0 Å². The fourth-order valence-corrected chi connectivity index (χ4v) is 3.23. The molecule has 0 aromatic carbocycles. The van der Waals surface area contributed by atoms with Crippen molar-refractivity contribution in [2.45, 2.75) is 50.2 Å². The lowest BCUT2D eigenvalue weighted by Crippen LogP contribution is -2.42. The quantitative estimate of drug-likeness (QED) is 0.881. The van der Waals surface area contributed by atoms with E-state index in [1.807, 2.05) is 10.8 Å². The molecule has 1 amide bonds. The van der Waals surface area contributed by atoms with Gasteiger partial charge in [-0.15, -0.1) is 0 Å². The van der Waals surface area contributed by atoms with Crippen LogP contribution in [-0.2, 0) is 0 Å². The van der Waals surface area contributed by atoms with E-state index in [2.05, 4.69) is 0 Å². The van der Waals surface area contributed by atoms with Crippen molar-refractivity contribution in [2.75, 3.05) is 19.3 Å². The number of anilines is 1. The first-order valence-corrected chi connectivity index (χ1v) is 7.44. The zero-order valence-corrected chi connectivity index (χ0v) is 12.0. The standard InChI is InChI=1S/C15H23N3O2/c1-17(10-15(20)6-2-3-7-15)14(19)13-8-11(16)9-18(13)12-4-5-12/h8-9,12,20H,2-7,10,16H2,1H3. The topological polar surface area (TPSA) is 71.5 Å². The van der Waals surface area contributed by atoms with Crippen LogP contribution in [-0.4, -0.2) is 39.7 Å². The van der Waals surface area contributed by atoms with E-state index >= 15 is 0 Å². The molecule has 2 aliphatic carbocycles. The van der Waals surface area contributed by atoms with E-state index in [4.69, 9.17) is 5.73 Å². The molecular weight excluding hydrogens is 254 g/mol. The number of hydrogen-bond acceptors (Lipinski definition) is 3. The summed E-state index contributed by atoms with van der Waals surface area (Å²) in [6.45, 7) is 0.404. The summed E-state index contributed by atoms with van der Waals surface area (Å²) < 4.78 is 1.99. The van der Waals surface area contributed by atoms with Gasteiger partial charge < -0.3 is 20.3 Å². The largest absolute Gasteiger partial charge is 0.397 e. The second-order valence-electron chi connectivity index (χ2n) is 6.39. The van der Waals surface area contributed by atoms with Gasteiger partial charge in [-0.3, -0.25) is 4.79 Å². The van der Waals surface area contributed by atoms with Crippen molar-refractivity contribution < 1.29 is 9.90 Å². The highest BCUT2D eigenvalue weighted by molar-refractivity contribution is 5.93. The molecule has 2 aliphatic rings. The summed E-state index contributed by atoms with van der Waals surface area (Å²) in [6, 6.07) is 2.17. The minimum Gasteiger partial charge on any atom is -0.397 e. The Balaban J connectivity index is 1.74. The monoisotopic (exact) mass is 277 g/mol. The molecule has 0 saturated heterocycles. The molecule has 2 saturated carbocycles. The maximum Gasteiger partial charge on any atom is 0.270 e. The zero-order valence-electron chi connectivity index (χ0n) is 12.0. The van der Waals surface area contributed by atoms with Gasteiger partial charge in [0.2, 0.25) is 0 Å². The van der Waals surface area contributed by atoms with Crippen LogP contribution in [0.15, 0.2) is 12.3 Å². The summed E-state index contributed by atoms with van der Waals surface area (Å²) >= 11 is 0. The Morgan fingerprint density at radius 1 is 1.50 bits per heavy atom. The summed E-state index contributed by atoms with van der Waals surface area (Å²) in [5, 5.41) is 10.4. The van der Waals surface area contributed by atoms with Gasteiger partial charge in [-0.2, -0.15) is 0 Å². The number of amides is 1. The molecule has 0 aliphatic heterocycles. The highest BCUT2D eigenvalue weighted by Crippen LogP contribution is 2.37. The molecule has 5 heteroatoms. The van der Waals surface area contributed by atoms with E-state index in [-0.39, 0.29) is 5.91 Å². The maximum absolute atomic E-state index is 12.6. The molecule has 1 heterocycles. The van der Waals surface area contributed by atoms with Crippen molar-refractivity contribution in [1.82, 2.24) is 9.47 Å². The summed E-state index contributed by atoms with van der Waals surface area (Å²) in [5.74, 6) is -0.0473. The molecular formula is C15H23N3O2. The van der Waals surface area contributed by atoms with E-state index in [1.54, 1.807) is 18.0 Å². The van der Waals surface area contributed by atoms with Crippen LogP contribution in [0.5, 0.6) is 0 Å². The van der Waals surface area contributed by atoms with Gasteiger partial charge in [0.05, 0.1) is 11.3 Å². The van der Waals surface area contributed by atoms with Gasteiger partial charge in [0.15, 0.2) is 0 Å². The van der Waals surface area contributed by atoms with Crippen LogP contribution in [0.2, 0.25) is 0 Å². The van der Waals surface area contributed by atoms with Crippen molar-refractivity contribution in [3.05, 3.63) is 18.0 Å². The number of nitrogen functional groups attached to an aromatic ring is 1.